The van der Waals surface area contributed by atoms with Crippen molar-refractivity contribution < 1.29 is 4.39 Å². The Balaban J connectivity index is 2.05. The highest BCUT2D eigenvalue weighted by atomic mass is 19.1. The molecule has 0 aliphatic carbocycles. The lowest BCUT2D eigenvalue weighted by molar-refractivity contribution is 0.601. The van der Waals surface area contributed by atoms with Crippen molar-refractivity contribution in [1.29, 1.82) is 5.26 Å². The topological polar surface area (TPSA) is 28.7 Å². The monoisotopic (exact) mass is 278 g/mol. The summed E-state index contributed by atoms with van der Waals surface area (Å²) in [7, 11) is 0. The van der Waals surface area contributed by atoms with E-state index in [9.17, 15) is 4.39 Å². The number of nitrogens with zero attached hydrogens (tertiary/aromatic N) is 2. The Morgan fingerprint density at radius 1 is 1.14 bits per heavy atom. The third-order valence-corrected chi connectivity index (χ3v) is 3.78. The van der Waals surface area contributed by atoms with Crippen LogP contribution in [0.2, 0.25) is 0 Å². The Kier molecular flexibility index (Phi) is 3.45. The van der Waals surface area contributed by atoms with Crippen LogP contribution >= 0.6 is 0 Å². The number of para-hydroxylation sites is 1. The second-order valence-electron chi connectivity index (χ2n) is 5.07. The average molecular weight is 278 g/mol. The molecule has 21 heavy (non-hydrogen) atoms. The third-order valence-electron chi connectivity index (χ3n) is 3.78. The number of halogens is 1. The highest BCUT2D eigenvalue weighted by Gasteiger charge is 2.09. The molecule has 1 aromatic heterocycles. The quantitative estimate of drug-likeness (QED) is 0.703. The van der Waals surface area contributed by atoms with Crippen molar-refractivity contribution in [2.45, 2.75) is 19.9 Å². The van der Waals surface area contributed by atoms with Crippen molar-refractivity contribution >= 4 is 10.9 Å². The van der Waals surface area contributed by atoms with Gasteiger partial charge in [-0.15, -0.1) is 0 Å². The zero-order chi connectivity index (χ0) is 14.8. The van der Waals surface area contributed by atoms with Gasteiger partial charge < -0.3 is 4.57 Å². The predicted octanol–water partition coefficient (Wildman–Crippen LogP) is 4.26. The van der Waals surface area contributed by atoms with Gasteiger partial charge in [-0.25, -0.2) is 4.39 Å². The summed E-state index contributed by atoms with van der Waals surface area (Å²) in [5.41, 5.74) is 3.36. The molecule has 1 heterocycles. The summed E-state index contributed by atoms with van der Waals surface area (Å²) >= 11 is 0. The number of benzene rings is 2. The number of fused-ring (bicyclic) bond motifs is 1. The average Bonchev–Trinajstić information content (AvgIpc) is 2.92. The first-order chi connectivity index (χ1) is 10.2. The van der Waals surface area contributed by atoms with E-state index in [1.807, 2.05) is 18.3 Å². The fourth-order valence-corrected chi connectivity index (χ4v) is 2.69. The first-order valence-corrected chi connectivity index (χ1v) is 6.98. The molecule has 0 saturated carbocycles. The lowest BCUT2D eigenvalue weighted by Gasteiger charge is -2.10. The molecule has 2 aromatic carbocycles. The molecule has 2 nitrogen and oxygen atoms in total. The molecule has 0 aliphatic heterocycles. The van der Waals surface area contributed by atoms with E-state index in [-0.39, 0.29) is 5.82 Å². The van der Waals surface area contributed by atoms with Gasteiger partial charge in [0.25, 0.3) is 0 Å². The molecule has 0 saturated heterocycles. The molecule has 0 N–H and O–H groups in total. The summed E-state index contributed by atoms with van der Waals surface area (Å²) < 4.78 is 16.1. The van der Waals surface area contributed by atoms with Crippen LogP contribution in [0.15, 0.2) is 48.7 Å². The minimum absolute atomic E-state index is 0.329. The van der Waals surface area contributed by atoms with E-state index in [1.54, 1.807) is 12.1 Å². The van der Waals surface area contributed by atoms with Crippen LogP contribution in [-0.2, 0) is 13.0 Å². The van der Waals surface area contributed by atoms with E-state index in [1.165, 1.54) is 17.0 Å². The van der Waals surface area contributed by atoms with E-state index in [0.717, 1.165) is 11.9 Å². The molecular weight excluding hydrogens is 263 g/mol. The lowest BCUT2D eigenvalue weighted by atomic mass is 10.1. The number of nitriles is 1. The molecule has 0 amide bonds. The Hall–Kier alpha value is -2.60. The highest BCUT2D eigenvalue weighted by molar-refractivity contribution is 5.83. The van der Waals surface area contributed by atoms with E-state index in [2.05, 4.69) is 29.7 Å². The highest BCUT2D eigenvalue weighted by Crippen LogP contribution is 2.22. The molecule has 3 aromatic rings. The van der Waals surface area contributed by atoms with Gasteiger partial charge in [0.1, 0.15) is 5.82 Å². The summed E-state index contributed by atoms with van der Waals surface area (Å²) in [5.74, 6) is -0.329. The molecular formula is C18H15FN2. The van der Waals surface area contributed by atoms with Crippen LogP contribution in [0, 0.1) is 17.1 Å². The van der Waals surface area contributed by atoms with Gasteiger partial charge in [0.15, 0.2) is 0 Å². The number of aryl methyl sites for hydroxylation is 1. The SMILES string of the molecule is CCc1cccc2ccn(Cc3ccc(C#N)cc3F)c12. The molecule has 3 rings (SSSR count). The van der Waals surface area contributed by atoms with E-state index in [0.29, 0.717) is 17.7 Å². The van der Waals surface area contributed by atoms with Crippen LogP contribution in [0.5, 0.6) is 0 Å². The van der Waals surface area contributed by atoms with Crippen molar-refractivity contribution in [3.63, 3.8) is 0 Å². The normalized spacial score (nSPS) is 10.7. The van der Waals surface area contributed by atoms with Gasteiger partial charge in [-0.1, -0.05) is 31.2 Å². The molecule has 104 valence electrons. The minimum atomic E-state index is -0.329. The molecule has 0 aliphatic rings. The Morgan fingerprint density at radius 2 is 2.00 bits per heavy atom. The molecule has 0 bridgehead atoms. The molecule has 0 fully saturated rings. The summed E-state index contributed by atoms with van der Waals surface area (Å²) in [4.78, 5) is 0. The zero-order valence-electron chi connectivity index (χ0n) is 11.8. The van der Waals surface area contributed by atoms with Gasteiger partial charge in [0.05, 0.1) is 23.7 Å². The maximum absolute atomic E-state index is 14.0. The molecule has 0 unspecified atom stereocenters. The predicted molar refractivity (Wildman–Crippen MR) is 81.5 cm³/mol. The second kappa shape index (κ2) is 5.41. The third kappa shape index (κ3) is 2.41. The Labute approximate surface area is 123 Å². The second-order valence-corrected chi connectivity index (χ2v) is 5.07. The Morgan fingerprint density at radius 3 is 2.71 bits per heavy atom. The number of hydrogen-bond acceptors (Lipinski definition) is 1. The van der Waals surface area contributed by atoms with Crippen molar-refractivity contribution in [2.75, 3.05) is 0 Å². The van der Waals surface area contributed by atoms with Crippen molar-refractivity contribution in [1.82, 2.24) is 4.57 Å². The fraction of sp³-hybridized carbons (Fsp3) is 0.167. The van der Waals surface area contributed by atoms with Gasteiger partial charge in [-0.3, -0.25) is 0 Å². The van der Waals surface area contributed by atoms with Crippen LogP contribution < -0.4 is 0 Å². The molecule has 3 heteroatoms. The van der Waals surface area contributed by atoms with Crippen LogP contribution in [0.4, 0.5) is 4.39 Å². The van der Waals surface area contributed by atoms with Crippen molar-refractivity contribution in [2.24, 2.45) is 0 Å². The zero-order valence-corrected chi connectivity index (χ0v) is 11.8. The number of rotatable bonds is 3. The van der Waals surface area contributed by atoms with Gasteiger partial charge in [0.2, 0.25) is 0 Å². The van der Waals surface area contributed by atoms with Crippen LogP contribution in [0.25, 0.3) is 10.9 Å². The Bertz CT molecular complexity index is 840. The van der Waals surface area contributed by atoms with Crippen molar-refractivity contribution in [3.05, 3.63) is 71.2 Å². The fourth-order valence-electron chi connectivity index (χ4n) is 2.69. The standard InChI is InChI=1S/C18H15FN2/c1-2-14-4-3-5-15-8-9-21(18(14)15)12-16-7-6-13(11-20)10-17(16)19/h3-10H,2,12H2,1H3. The van der Waals surface area contributed by atoms with Crippen LogP contribution in [0.1, 0.15) is 23.6 Å². The van der Waals surface area contributed by atoms with Gasteiger partial charge in [-0.2, -0.15) is 5.26 Å². The van der Waals surface area contributed by atoms with E-state index in [4.69, 9.17) is 5.26 Å². The van der Waals surface area contributed by atoms with Crippen LogP contribution in [-0.4, -0.2) is 4.57 Å². The minimum Gasteiger partial charge on any atom is -0.343 e. The van der Waals surface area contributed by atoms with E-state index >= 15 is 0 Å². The summed E-state index contributed by atoms with van der Waals surface area (Å²) in [5, 5.41) is 9.97. The first kappa shape index (κ1) is 13.4. The van der Waals surface area contributed by atoms with Crippen LogP contribution in [0.3, 0.4) is 0 Å². The van der Waals surface area contributed by atoms with Gasteiger partial charge >= 0.3 is 0 Å². The molecule has 0 spiro atoms. The summed E-state index contributed by atoms with van der Waals surface area (Å²) in [6.07, 6.45) is 2.93. The first-order valence-electron chi connectivity index (χ1n) is 6.98. The number of hydrogen-bond donors (Lipinski definition) is 0. The van der Waals surface area contributed by atoms with Gasteiger partial charge in [0, 0.05) is 11.8 Å². The smallest absolute Gasteiger partial charge is 0.129 e. The maximum atomic E-state index is 14.0. The molecule has 0 radical (unpaired) electrons. The summed E-state index contributed by atoms with van der Waals surface area (Å²) in [6, 6.07) is 14.9. The van der Waals surface area contributed by atoms with E-state index < -0.39 is 0 Å². The molecule has 0 atom stereocenters. The largest absolute Gasteiger partial charge is 0.343 e. The lowest BCUT2D eigenvalue weighted by Crippen LogP contribution is -2.02. The summed E-state index contributed by atoms with van der Waals surface area (Å²) in [6.45, 7) is 2.59. The maximum Gasteiger partial charge on any atom is 0.129 e. The van der Waals surface area contributed by atoms with Crippen molar-refractivity contribution in [3.8, 4) is 6.07 Å². The van der Waals surface area contributed by atoms with Gasteiger partial charge in [-0.05, 0) is 35.6 Å². The number of aromatic nitrogens is 1.